The number of amides is 1. The number of para-hydroxylation sites is 1. The minimum atomic E-state index is -0.349. The van der Waals surface area contributed by atoms with Crippen molar-refractivity contribution in [3.8, 4) is 11.4 Å². The van der Waals surface area contributed by atoms with Crippen LogP contribution >= 0.6 is 0 Å². The van der Waals surface area contributed by atoms with Gasteiger partial charge in [0.05, 0.1) is 19.3 Å². The lowest BCUT2D eigenvalue weighted by atomic mass is 10.2. The Morgan fingerprint density at radius 2 is 1.93 bits per heavy atom. The fourth-order valence-corrected chi connectivity index (χ4v) is 2.94. The van der Waals surface area contributed by atoms with Gasteiger partial charge in [-0.2, -0.15) is 0 Å². The summed E-state index contributed by atoms with van der Waals surface area (Å²) >= 11 is 0. The Morgan fingerprint density at radius 1 is 1.11 bits per heavy atom. The Morgan fingerprint density at radius 3 is 2.70 bits per heavy atom. The predicted molar refractivity (Wildman–Crippen MR) is 102 cm³/mol. The number of hydrogen-bond donors (Lipinski definition) is 3. The summed E-state index contributed by atoms with van der Waals surface area (Å²) in [6.07, 6.45) is 0. The molecule has 0 aliphatic heterocycles. The van der Waals surface area contributed by atoms with E-state index in [4.69, 9.17) is 4.74 Å². The Balaban J connectivity index is 1.49. The van der Waals surface area contributed by atoms with Crippen LogP contribution in [0.15, 0.2) is 65.5 Å². The molecule has 7 heteroatoms. The molecule has 0 unspecified atom stereocenters. The fraction of sp³-hybridized carbons (Fsp3) is 0.100. The smallest absolute Gasteiger partial charge is 0.271 e. The number of nitrogens with zero attached hydrogens (tertiary/aromatic N) is 1. The van der Waals surface area contributed by atoms with Gasteiger partial charge in [-0.05, 0) is 36.4 Å². The normalized spacial score (nSPS) is 10.9. The average Bonchev–Trinajstić information content (AvgIpc) is 3.29. The van der Waals surface area contributed by atoms with Gasteiger partial charge in [-0.15, -0.1) is 0 Å². The first-order chi connectivity index (χ1) is 13.1. The highest BCUT2D eigenvalue weighted by Crippen LogP contribution is 2.21. The van der Waals surface area contributed by atoms with Crippen molar-refractivity contribution >= 4 is 16.8 Å². The molecule has 0 saturated carbocycles. The summed E-state index contributed by atoms with van der Waals surface area (Å²) in [5, 5.41) is 6.65. The molecule has 0 bridgehead atoms. The van der Waals surface area contributed by atoms with Crippen LogP contribution in [0.1, 0.15) is 16.2 Å². The van der Waals surface area contributed by atoms with Crippen LogP contribution in [0, 0.1) is 0 Å². The van der Waals surface area contributed by atoms with Crippen molar-refractivity contribution in [2.24, 2.45) is 0 Å². The topological polar surface area (TPSA) is 91.9 Å². The number of benzene rings is 2. The highest BCUT2D eigenvalue weighted by Gasteiger charge is 2.12. The molecule has 0 fully saturated rings. The number of methoxy groups -OCH3 is 1. The first-order valence-electron chi connectivity index (χ1n) is 8.45. The second-order valence-electron chi connectivity index (χ2n) is 6.11. The Hall–Kier alpha value is -3.74. The molecule has 3 N–H and O–H groups in total. The van der Waals surface area contributed by atoms with E-state index in [1.807, 2.05) is 42.5 Å². The van der Waals surface area contributed by atoms with Crippen LogP contribution in [0.3, 0.4) is 0 Å². The lowest BCUT2D eigenvalue weighted by Crippen LogP contribution is -2.23. The van der Waals surface area contributed by atoms with E-state index in [9.17, 15) is 9.59 Å². The van der Waals surface area contributed by atoms with E-state index >= 15 is 0 Å². The van der Waals surface area contributed by atoms with Crippen molar-refractivity contribution in [3.05, 3.63) is 82.4 Å². The molecule has 4 aromatic rings. The van der Waals surface area contributed by atoms with Gasteiger partial charge >= 0.3 is 0 Å². The van der Waals surface area contributed by atoms with Gasteiger partial charge in [0, 0.05) is 22.7 Å². The standard InChI is InChI=1S/C20H18N4O3/c1-27-16-7-8-17-13(10-16)9-14(22-17)12-21-20(26)18-11-19(25)24(23-18)15-5-3-2-4-6-15/h2-11,22-23H,12H2,1H3,(H,21,26). The van der Waals surface area contributed by atoms with E-state index in [-0.39, 0.29) is 17.2 Å². The molecule has 0 atom stereocenters. The summed E-state index contributed by atoms with van der Waals surface area (Å²) in [5.41, 5.74) is 2.41. The molecule has 0 radical (unpaired) electrons. The molecule has 2 heterocycles. The van der Waals surface area contributed by atoms with Crippen LogP contribution in [0.25, 0.3) is 16.6 Å². The van der Waals surface area contributed by atoms with E-state index in [2.05, 4.69) is 15.4 Å². The summed E-state index contributed by atoms with van der Waals surface area (Å²) in [4.78, 5) is 27.8. The lowest BCUT2D eigenvalue weighted by molar-refractivity contribution is 0.0945. The molecule has 0 saturated heterocycles. The molecule has 0 aliphatic carbocycles. The number of ether oxygens (including phenoxy) is 1. The summed E-state index contributed by atoms with van der Waals surface area (Å²) in [5.74, 6) is 0.426. The van der Waals surface area contributed by atoms with E-state index in [0.29, 0.717) is 12.2 Å². The molecule has 2 aromatic carbocycles. The highest BCUT2D eigenvalue weighted by atomic mass is 16.5. The van der Waals surface area contributed by atoms with E-state index in [1.54, 1.807) is 19.2 Å². The minimum Gasteiger partial charge on any atom is -0.497 e. The van der Waals surface area contributed by atoms with Crippen molar-refractivity contribution in [1.29, 1.82) is 0 Å². The number of carbonyl (C=O) groups is 1. The number of nitrogens with one attached hydrogen (secondary N) is 3. The number of H-pyrrole nitrogens is 2. The second kappa shape index (κ2) is 6.87. The van der Waals surface area contributed by atoms with Crippen LogP contribution in [-0.2, 0) is 6.54 Å². The third-order valence-corrected chi connectivity index (χ3v) is 4.30. The summed E-state index contributed by atoms with van der Waals surface area (Å²) in [7, 11) is 1.62. The van der Waals surface area contributed by atoms with Crippen LogP contribution in [0.5, 0.6) is 5.75 Å². The summed E-state index contributed by atoms with van der Waals surface area (Å²) in [6.45, 7) is 0.314. The number of aromatic nitrogens is 3. The first kappa shape index (κ1) is 16.7. The lowest BCUT2D eigenvalue weighted by Gasteiger charge is -2.03. The maximum Gasteiger partial charge on any atom is 0.271 e. The summed E-state index contributed by atoms with van der Waals surface area (Å²) < 4.78 is 6.56. The van der Waals surface area contributed by atoms with Crippen LogP contribution in [-0.4, -0.2) is 27.8 Å². The molecule has 27 heavy (non-hydrogen) atoms. The van der Waals surface area contributed by atoms with Crippen LogP contribution in [0.2, 0.25) is 0 Å². The third kappa shape index (κ3) is 3.35. The quantitative estimate of drug-likeness (QED) is 0.509. The maximum absolute atomic E-state index is 12.4. The van der Waals surface area contributed by atoms with Crippen LogP contribution < -0.4 is 15.6 Å². The van der Waals surface area contributed by atoms with Gasteiger partial charge in [-0.25, -0.2) is 4.68 Å². The average molecular weight is 362 g/mol. The zero-order valence-electron chi connectivity index (χ0n) is 14.7. The zero-order chi connectivity index (χ0) is 18.8. The molecule has 1 amide bonds. The van der Waals surface area contributed by atoms with Gasteiger partial charge in [0.15, 0.2) is 0 Å². The SMILES string of the molecule is COc1ccc2[nH]c(CNC(=O)c3cc(=O)n(-c4ccccc4)[nH]3)cc2c1. The Labute approximate surface area is 154 Å². The van der Waals surface area contributed by atoms with Crippen LogP contribution in [0.4, 0.5) is 0 Å². The summed E-state index contributed by atoms with van der Waals surface area (Å²) in [6, 6.07) is 18.1. The molecular weight excluding hydrogens is 344 g/mol. The minimum absolute atomic E-state index is 0.210. The van der Waals surface area contributed by atoms with Gasteiger partial charge in [0.2, 0.25) is 0 Å². The van der Waals surface area contributed by atoms with Crippen molar-refractivity contribution in [2.75, 3.05) is 7.11 Å². The first-order valence-corrected chi connectivity index (χ1v) is 8.45. The Kier molecular flexibility index (Phi) is 4.25. The predicted octanol–water partition coefficient (Wildman–Crippen LogP) is 2.59. The zero-order valence-corrected chi connectivity index (χ0v) is 14.7. The van der Waals surface area contributed by atoms with Gasteiger partial charge in [0.1, 0.15) is 11.4 Å². The number of carbonyl (C=O) groups excluding carboxylic acids is 1. The molecular formula is C20H18N4O3. The largest absolute Gasteiger partial charge is 0.497 e. The molecule has 0 spiro atoms. The molecule has 2 aromatic heterocycles. The van der Waals surface area contributed by atoms with Gasteiger partial charge in [-0.3, -0.25) is 14.7 Å². The van der Waals surface area contributed by atoms with Gasteiger partial charge in [0.25, 0.3) is 11.5 Å². The molecule has 0 aliphatic rings. The van der Waals surface area contributed by atoms with Crippen molar-refractivity contribution in [3.63, 3.8) is 0 Å². The number of rotatable bonds is 5. The highest BCUT2D eigenvalue weighted by molar-refractivity contribution is 5.92. The van der Waals surface area contributed by atoms with Crippen molar-refractivity contribution < 1.29 is 9.53 Å². The number of fused-ring (bicyclic) bond motifs is 1. The fourth-order valence-electron chi connectivity index (χ4n) is 2.94. The second-order valence-corrected chi connectivity index (χ2v) is 6.11. The van der Waals surface area contributed by atoms with Gasteiger partial charge in [-0.1, -0.05) is 18.2 Å². The number of aromatic amines is 2. The van der Waals surface area contributed by atoms with E-state index in [1.165, 1.54) is 10.7 Å². The maximum atomic E-state index is 12.4. The monoisotopic (exact) mass is 362 g/mol. The Bertz CT molecular complexity index is 1150. The van der Waals surface area contributed by atoms with Gasteiger partial charge < -0.3 is 15.0 Å². The molecule has 4 rings (SSSR count). The third-order valence-electron chi connectivity index (χ3n) is 4.30. The number of hydrogen-bond acceptors (Lipinski definition) is 3. The molecule has 7 nitrogen and oxygen atoms in total. The van der Waals surface area contributed by atoms with Crippen molar-refractivity contribution in [1.82, 2.24) is 20.1 Å². The van der Waals surface area contributed by atoms with E-state index < -0.39 is 0 Å². The van der Waals surface area contributed by atoms with Crippen molar-refractivity contribution in [2.45, 2.75) is 6.54 Å². The molecule has 136 valence electrons. The van der Waals surface area contributed by atoms with E-state index in [0.717, 1.165) is 22.3 Å².